The number of aromatic nitrogens is 1. The zero-order valence-corrected chi connectivity index (χ0v) is 19.4. The fourth-order valence-corrected chi connectivity index (χ4v) is 5.89. The highest BCUT2D eigenvalue weighted by Crippen LogP contribution is 2.22. The van der Waals surface area contributed by atoms with E-state index in [9.17, 15) is 13.2 Å². The average Bonchev–Trinajstić information content (AvgIpc) is 3.22. The van der Waals surface area contributed by atoms with Gasteiger partial charge in [0.2, 0.25) is 10.0 Å². The number of benzene rings is 1. The van der Waals surface area contributed by atoms with Gasteiger partial charge >= 0.3 is 0 Å². The van der Waals surface area contributed by atoms with Crippen LogP contribution in [-0.2, 0) is 34.9 Å². The van der Waals surface area contributed by atoms with Gasteiger partial charge in [0.25, 0.3) is 5.91 Å². The summed E-state index contributed by atoms with van der Waals surface area (Å²) in [6.45, 7) is 5.58. The lowest BCUT2D eigenvalue weighted by Gasteiger charge is -2.27. The number of sulfonamides is 1. The number of ether oxygens (including phenoxy) is 1. The van der Waals surface area contributed by atoms with Gasteiger partial charge in [0, 0.05) is 52.5 Å². The fraction of sp³-hybridized carbons (Fsp3) is 0.522. The molecule has 9 heteroatoms. The Balaban J connectivity index is 1.43. The Morgan fingerprint density at radius 3 is 2.44 bits per heavy atom. The number of amides is 1. The predicted octanol–water partition coefficient (Wildman–Crippen LogP) is 1.96. The summed E-state index contributed by atoms with van der Waals surface area (Å²) in [6, 6.07) is 9.57. The van der Waals surface area contributed by atoms with Crippen LogP contribution < -0.4 is 5.32 Å². The zero-order valence-electron chi connectivity index (χ0n) is 18.6. The number of nitrogens with zero attached hydrogens (tertiary/aromatic N) is 3. The summed E-state index contributed by atoms with van der Waals surface area (Å²) >= 11 is 0. The molecule has 1 N–H and O–H groups in total. The van der Waals surface area contributed by atoms with Crippen molar-refractivity contribution < 1.29 is 17.9 Å². The molecule has 0 unspecified atom stereocenters. The van der Waals surface area contributed by atoms with Gasteiger partial charge in [-0.15, -0.1) is 0 Å². The molecule has 0 aliphatic carbocycles. The summed E-state index contributed by atoms with van der Waals surface area (Å²) in [7, 11) is -1.87. The first-order valence-electron chi connectivity index (χ1n) is 11.3. The predicted molar refractivity (Wildman–Crippen MR) is 122 cm³/mol. The van der Waals surface area contributed by atoms with E-state index < -0.39 is 10.0 Å². The SMILES string of the molecule is Cn1cc(S(=O)(=O)N2CCCCC2)cc1C(=O)NCc1ccccc1CN1CCOCC1. The van der Waals surface area contributed by atoms with Crippen LogP contribution in [0.5, 0.6) is 0 Å². The monoisotopic (exact) mass is 460 g/mol. The van der Waals surface area contributed by atoms with Gasteiger partial charge in [0.15, 0.2) is 0 Å². The van der Waals surface area contributed by atoms with Crippen molar-refractivity contribution in [1.29, 1.82) is 0 Å². The molecule has 2 aliphatic heterocycles. The maximum Gasteiger partial charge on any atom is 0.268 e. The van der Waals surface area contributed by atoms with Gasteiger partial charge in [0.1, 0.15) is 10.6 Å². The van der Waals surface area contributed by atoms with E-state index in [4.69, 9.17) is 4.74 Å². The second-order valence-corrected chi connectivity index (χ2v) is 10.4. The van der Waals surface area contributed by atoms with Crippen LogP contribution in [0.15, 0.2) is 41.4 Å². The maximum absolute atomic E-state index is 13.0. The van der Waals surface area contributed by atoms with Gasteiger partial charge in [-0.1, -0.05) is 30.7 Å². The molecule has 1 aromatic carbocycles. The molecule has 0 atom stereocenters. The van der Waals surface area contributed by atoms with Crippen LogP contribution >= 0.6 is 0 Å². The Kier molecular flexibility index (Phi) is 7.30. The average molecular weight is 461 g/mol. The molecule has 3 heterocycles. The van der Waals surface area contributed by atoms with Crippen LogP contribution in [0.25, 0.3) is 0 Å². The van der Waals surface area contributed by atoms with Crippen molar-refractivity contribution in [3.05, 3.63) is 53.3 Å². The molecule has 0 spiro atoms. The van der Waals surface area contributed by atoms with Gasteiger partial charge in [-0.25, -0.2) is 8.42 Å². The van der Waals surface area contributed by atoms with E-state index in [-0.39, 0.29) is 10.8 Å². The molecule has 2 aromatic rings. The second-order valence-electron chi connectivity index (χ2n) is 8.48. The minimum absolute atomic E-state index is 0.180. The maximum atomic E-state index is 13.0. The van der Waals surface area contributed by atoms with Gasteiger partial charge in [-0.2, -0.15) is 4.31 Å². The second kappa shape index (κ2) is 10.2. The van der Waals surface area contributed by atoms with Crippen LogP contribution in [0.4, 0.5) is 0 Å². The summed E-state index contributed by atoms with van der Waals surface area (Å²) in [4.78, 5) is 15.4. The number of aryl methyl sites for hydroxylation is 1. The molecular formula is C23H32N4O4S. The lowest BCUT2D eigenvalue weighted by atomic mass is 10.1. The van der Waals surface area contributed by atoms with Crippen molar-refractivity contribution in [2.24, 2.45) is 7.05 Å². The van der Waals surface area contributed by atoms with Gasteiger partial charge in [-0.05, 0) is 30.0 Å². The van der Waals surface area contributed by atoms with Crippen molar-refractivity contribution >= 4 is 15.9 Å². The minimum atomic E-state index is -3.57. The van der Waals surface area contributed by atoms with E-state index in [2.05, 4.69) is 16.3 Å². The summed E-state index contributed by atoms with van der Waals surface area (Å²) in [6.07, 6.45) is 4.35. The zero-order chi connectivity index (χ0) is 22.6. The summed E-state index contributed by atoms with van der Waals surface area (Å²) in [5, 5.41) is 2.97. The van der Waals surface area contributed by atoms with E-state index in [1.807, 2.05) is 18.2 Å². The van der Waals surface area contributed by atoms with E-state index in [0.29, 0.717) is 25.3 Å². The highest BCUT2D eigenvalue weighted by molar-refractivity contribution is 7.89. The normalized spacial score (nSPS) is 18.5. The molecule has 2 aliphatic rings. The van der Waals surface area contributed by atoms with Crippen molar-refractivity contribution in [2.75, 3.05) is 39.4 Å². The van der Waals surface area contributed by atoms with Gasteiger partial charge in [-0.3, -0.25) is 9.69 Å². The van der Waals surface area contributed by atoms with E-state index >= 15 is 0 Å². The molecule has 0 radical (unpaired) electrons. The Bertz CT molecular complexity index is 1040. The fourth-order valence-electron chi connectivity index (χ4n) is 4.31. The van der Waals surface area contributed by atoms with Gasteiger partial charge < -0.3 is 14.6 Å². The molecule has 2 saturated heterocycles. The van der Waals surface area contributed by atoms with Crippen molar-refractivity contribution in [1.82, 2.24) is 19.1 Å². The third-order valence-electron chi connectivity index (χ3n) is 6.22. The van der Waals surface area contributed by atoms with E-state index in [1.165, 1.54) is 22.1 Å². The van der Waals surface area contributed by atoms with Crippen molar-refractivity contribution in [3.8, 4) is 0 Å². The largest absolute Gasteiger partial charge is 0.379 e. The molecule has 0 bridgehead atoms. The first kappa shape index (κ1) is 23.0. The number of nitrogens with one attached hydrogen (secondary N) is 1. The molecular weight excluding hydrogens is 428 g/mol. The Labute approximate surface area is 190 Å². The lowest BCUT2D eigenvalue weighted by molar-refractivity contribution is 0.0340. The first-order chi connectivity index (χ1) is 15.4. The van der Waals surface area contributed by atoms with Crippen LogP contribution in [0.2, 0.25) is 0 Å². The molecule has 0 saturated carbocycles. The van der Waals surface area contributed by atoms with Crippen LogP contribution in [-0.4, -0.2) is 67.5 Å². The molecule has 4 rings (SSSR count). The topological polar surface area (TPSA) is 83.9 Å². The summed E-state index contributed by atoms with van der Waals surface area (Å²) in [5.74, 6) is -0.284. The van der Waals surface area contributed by atoms with Crippen molar-refractivity contribution in [3.63, 3.8) is 0 Å². The minimum Gasteiger partial charge on any atom is -0.379 e. The molecule has 174 valence electrons. The Morgan fingerprint density at radius 2 is 1.72 bits per heavy atom. The van der Waals surface area contributed by atoms with Crippen molar-refractivity contribution in [2.45, 2.75) is 37.2 Å². The number of piperidine rings is 1. The summed E-state index contributed by atoms with van der Waals surface area (Å²) in [5.41, 5.74) is 2.57. The third-order valence-corrected chi connectivity index (χ3v) is 8.08. The van der Waals surface area contributed by atoms with Gasteiger partial charge in [0.05, 0.1) is 13.2 Å². The summed E-state index contributed by atoms with van der Waals surface area (Å²) < 4.78 is 34.4. The van der Waals surface area contributed by atoms with Crippen LogP contribution in [0.3, 0.4) is 0 Å². The Hall–Kier alpha value is -2.20. The lowest BCUT2D eigenvalue weighted by Crippen LogP contribution is -2.36. The molecule has 8 nitrogen and oxygen atoms in total. The number of rotatable bonds is 7. The molecule has 2 fully saturated rings. The van der Waals surface area contributed by atoms with E-state index in [1.54, 1.807) is 11.6 Å². The number of carbonyl (C=O) groups is 1. The van der Waals surface area contributed by atoms with E-state index in [0.717, 1.165) is 57.7 Å². The van der Waals surface area contributed by atoms with Crippen LogP contribution in [0.1, 0.15) is 40.9 Å². The number of hydrogen-bond acceptors (Lipinski definition) is 5. The smallest absolute Gasteiger partial charge is 0.268 e. The number of hydrogen-bond donors (Lipinski definition) is 1. The first-order valence-corrected chi connectivity index (χ1v) is 12.7. The standard InChI is InChI=1S/C23H32N4O4S/c1-25-18-21(32(29,30)27-9-5-2-6-10-27)15-22(25)23(28)24-16-19-7-3-4-8-20(19)17-26-11-13-31-14-12-26/h3-4,7-8,15,18H,2,5-6,9-14,16-17H2,1H3,(H,24,28). The molecule has 1 amide bonds. The van der Waals surface area contributed by atoms with Crippen LogP contribution in [0, 0.1) is 0 Å². The highest BCUT2D eigenvalue weighted by atomic mass is 32.2. The number of carbonyl (C=O) groups excluding carboxylic acids is 1. The third kappa shape index (κ3) is 5.23. The molecule has 1 aromatic heterocycles. The number of morpholine rings is 1. The quantitative estimate of drug-likeness (QED) is 0.683. The highest BCUT2D eigenvalue weighted by Gasteiger charge is 2.28. The Morgan fingerprint density at radius 1 is 1.03 bits per heavy atom. The molecule has 32 heavy (non-hydrogen) atoms.